The van der Waals surface area contributed by atoms with Crippen molar-refractivity contribution < 1.29 is 4.79 Å². The second-order valence-corrected chi connectivity index (χ2v) is 3.02. The van der Waals surface area contributed by atoms with Gasteiger partial charge in [-0.3, -0.25) is 0 Å². The van der Waals surface area contributed by atoms with Crippen molar-refractivity contribution in [1.82, 2.24) is 0 Å². The molecule has 0 fully saturated rings. The Morgan fingerprint density at radius 2 is 1.21 bits per heavy atom. The largest absolute Gasteiger partial charge is 0.303 e. The SMILES string of the molecule is CCCCC=O.CCCCCC.II. The van der Waals surface area contributed by atoms with E-state index in [2.05, 4.69) is 58.0 Å². The summed E-state index contributed by atoms with van der Waals surface area (Å²) in [5.74, 6) is 0. The lowest BCUT2D eigenvalue weighted by Gasteiger charge is -1.86. The first-order chi connectivity index (χ1) is 6.83. The summed E-state index contributed by atoms with van der Waals surface area (Å²) in [5, 5.41) is 0. The van der Waals surface area contributed by atoms with Crippen LogP contribution >= 0.6 is 37.2 Å². The standard InChI is InChI=1S/C6H14.C5H10O.I2/c1-3-5-6-4-2;1-2-3-4-5-6;1-2/h3-6H2,1-2H3;5H,2-4H2,1H3;. The van der Waals surface area contributed by atoms with Crippen LogP contribution in [0.25, 0.3) is 0 Å². The Bertz CT molecular complexity index is 73.7. The molecule has 0 aromatic heterocycles. The number of carbonyl (C=O) groups excluding carboxylic acids is 1. The van der Waals surface area contributed by atoms with E-state index in [-0.39, 0.29) is 0 Å². The van der Waals surface area contributed by atoms with Crippen molar-refractivity contribution in [2.75, 3.05) is 0 Å². The monoisotopic (exact) mass is 426 g/mol. The lowest BCUT2D eigenvalue weighted by atomic mass is 10.2. The molecule has 0 aliphatic heterocycles. The van der Waals surface area contributed by atoms with Gasteiger partial charge in [0.05, 0.1) is 0 Å². The summed E-state index contributed by atoms with van der Waals surface area (Å²) in [7, 11) is 0. The highest BCUT2D eigenvalue weighted by molar-refractivity contribution is 15.0. The average Bonchev–Trinajstić information content (AvgIpc) is 2.27. The molecule has 0 aromatic carbocycles. The van der Waals surface area contributed by atoms with E-state index in [9.17, 15) is 4.79 Å². The molecule has 3 heteroatoms. The van der Waals surface area contributed by atoms with E-state index in [1.807, 2.05) is 0 Å². The van der Waals surface area contributed by atoms with Crippen LogP contribution in [0.2, 0.25) is 0 Å². The Balaban J connectivity index is -0.000000147. The predicted molar refractivity (Wildman–Crippen MR) is 83.4 cm³/mol. The number of unbranched alkanes of at least 4 members (excludes halogenated alkanes) is 5. The first kappa shape index (κ1) is 20.5. The van der Waals surface area contributed by atoms with Gasteiger partial charge >= 0.3 is 0 Å². The van der Waals surface area contributed by atoms with Crippen LogP contribution in [0.3, 0.4) is 0 Å². The van der Waals surface area contributed by atoms with Gasteiger partial charge in [0, 0.05) is 43.7 Å². The molecule has 0 saturated carbocycles. The molecule has 0 aliphatic carbocycles. The summed E-state index contributed by atoms with van der Waals surface area (Å²) in [6, 6.07) is 0. The Kier molecular flexibility index (Phi) is 42.9. The molecule has 1 nitrogen and oxygen atoms in total. The molecule has 0 heterocycles. The lowest BCUT2D eigenvalue weighted by Crippen LogP contribution is -1.70. The van der Waals surface area contributed by atoms with Crippen LogP contribution in [0.15, 0.2) is 0 Å². The van der Waals surface area contributed by atoms with Crippen molar-refractivity contribution in [3.05, 3.63) is 0 Å². The number of halogens is 2. The molecule has 0 spiro atoms. The molecule has 0 unspecified atom stereocenters. The fourth-order valence-corrected chi connectivity index (χ4v) is 0.787. The smallest absolute Gasteiger partial charge is 0.119 e. The van der Waals surface area contributed by atoms with Crippen LogP contribution in [-0.4, -0.2) is 6.29 Å². The summed E-state index contributed by atoms with van der Waals surface area (Å²) in [4.78, 5) is 9.56. The topological polar surface area (TPSA) is 17.1 Å². The van der Waals surface area contributed by atoms with E-state index in [0.29, 0.717) is 0 Å². The molecule has 0 saturated heterocycles. The third-order valence-corrected chi connectivity index (χ3v) is 1.63. The average molecular weight is 426 g/mol. The number of aldehydes is 1. The second kappa shape index (κ2) is 29.2. The minimum atomic E-state index is 0.733. The van der Waals surface area contributed by atoms with E-state index in [1.54, 1.807) is 0 Å². The van der Waals surface area contributed by atoms with Gasteiger partial charge in [0.15, 0.2) is 0 Å². The van der Waals surface area contributed by atoms with Gasteiger partial charge in [-0.15, -0.1) is 0 Å². The maximum absolute atomic E-state index is 9.56. The molecule has 14 heavy (non-hydrogen) atoms. The zero-order valence-electron chi connectivity index (χ0n) is 9.69. The molecular weight excluding hydrogens is 402 g/mol. The van der Waals surface area contributed by atoms with Crippen molar-refractivity contribution in [3.63, 3.8) is 0 Å². The van der Waals surface area contributed by atoms with Crippen LogP contribution in [0, 0.1) is 0 Å². The van der Waals surface area contributed by atoms with Crippen LogP contribution in [0.1, 0.15) is 65.7 Å². The van der Waals surface area contributed by atoms with Gasteiger partial charge in [-0.1, -0.05) is 52.9 Å². The summed E-state index contributed by atoms with van der Waals surface area (Å²) in [5.41, 5.74) is 0. The molecule has 0 aromatic rings. The Morgan fingerprint density at radius 3 is 1.36 bits per heavy atom. The van der Waals surface area contributed by atoms with E-state index >= 15 is 0 Å². The van der Waals surface area contributed by atoms with Crippen molar-refractivity contribution in [3.8, 4) is 0 Å². The Labute approximate surface area is 113 Å². The number of carbonyl (C=O) groups is 1. The van der Waals surface area contributed by atoms with Gasteiger partial charge in [-0.05, 0) is 6.42 Å². The predicted octanol–water partition coefficient (Wildman–Crippen LogP) is 5.73. The van der Waals surface area contributed by atoms with Gasteiger partial charge in [0.2, 0.25) is 0 Å². The number of hydrogen-bond donors (Lipinski definition) is 0. The van der Waals surface area contributed by atoms with Crippen LogP contribution in [0.5, 0.6) is 0 Å². The van der Waals surface area contributed by atoms with Gasteiger partial charge in [0.1, 0.15) is 6.29 Å². The third-order valence-electron chi connectivity index (χ3n) is 1.63. The highest BCUT2D eigenvalue weighted by Crippen LogP contribution is 1.95. The highest BCUT2D eigenvalue weighted by atomic mass is 128. The number of rotatable bonds is 6. The zero-order chi connectivity index (χ0) is 11.7. The molecule has 0 rings (SSSR count). The van der Waals surface area contributed by atoms with Crippen LogP contribution in [0.4, 0.5) is 0 Å². The molecule has 0 aliphatic rings. The summed E-state index contributed by atoms with van der Waals surface area (Å²) >= 11 is 4.24. The maximum Gasteiger partial charge on any atom is 0.119 e. The van der Waals surface area contributed by atoms with E-state index < -0.39 is 0 Å². The summed E-state index contributed by atoms with van der Waals surface area (Å²) in [6.07, 6.45) is 9.40. The van der Waals surface area contributed by atoms with E-state index in [4.69, 9.17) is 0 Å². The van der Waals surface area contributed by atoms with E-state index in [0.717, 1.165) is 25.5 Å². The second-order valence-electron chi connectivity index (χ2n) is 3.02. The Hall–Kier alpha value is 1.13. The molecule has 88 valence electrons. The Morgan fingerprint density at radius 1 is 0.857 bits per heavy atom. The van der Waals surface area contributed by atoms with Gasteiger partial charge in [-0.2, -0.15) is 0 Å². The van der Waals surface area contributed by atoms with Crippen molar-refractivity contribution in [2.45, 2.75) is 65.7 Å². The van der Waals surface area contributed by atoms with E-state index in [1.165, 1.54) is 25.7 Å². The third kappa shape index (κ3) is 38.0. The quantitative estimate of drug-likeness (QED) is 0.301. The minimum Gasteiger partial charge on any atom is -0.303 e. The molecule has 0 bridgehead atoms. The zero-order valence-corrected chi connectivity index (χ0v) is 14.0. The van der Waals surface area contributed by atoms with Gasteiger partial charge in [0.25, 0.3) is 0 Å². The maximum atomic E-state index is 9.56. The molecule has 0 radical (unpaired) electrons. The van der Waals surface area contributed by atoms with Crippen LogP contribution < -0.4 is 0 Å². The van der Waals surface area contributed by atoms with Crippen molar-refractivity contribution in [2.24, 2.45) is 0 Å². The van der Waals surface area contributed by atoms with Gasteiger partial charge < -0.3 is 4.79 Å². The fourth-order valence-electron chi connectivity index (χ4n) is 0.787. The summed E-state index contributed by atoms with van der Waals surface area (Å²) in [6.45, 7) is 6.54. The molecule has 0 atom stereocenters. The normalized spacial score (nSPS) is 7.79. The molecular formula is C11H24I2O. The first-order valence-corrected chi connectivity index (χ1v) is 11.7. The van der Waals surface area contributed by atoms with Crippen LogP contribution in [-0.2, 0) is 4.79 Å². The lowest BCUT2D eigenvalue weighted by molar-refractivity contribution is -0.107. The first-order valence-electron chi connectivity index (χ1n) is 5.41. The molecule has 0 amide bonds. The van der Waals surface area contributed by atoms with Gasteiger partial charge in [-0.25, -0.2) is 0 Å². The van der Waals surface area contributed by atoms with Crippen molar-refractivity contribution in [1.29, 1.82) is 0 Å². The number of hydrogen-bond acceptors (Lipinski definition) is 1. The fraction of sp³-hybridized carbons (Fsp3) is 0.909. The molecule has 0 N–H and O–H groups in total. The summed E-state index contributed by atoms with van der Waals surface area (Å²) < 4.78 is 0. The minimum absolute atomic E-state index is 0.733. The highest BCUT2D eigenvalue weighted by Gasteiger charge is 1.75. The van der Waals surface area contributed by atoms with Crippen molar-refractivity contribution >= 4 is 43.5 Å².